The summed E-state index contributed by atoms with van der Waals surface area (Å²) in [5, 5.41) is 5.37. The van der Waals surface area contributed by atoms with Crippen molar-refractivity contribution in [2.75, 3.05) is 7.11 Å². The van der Waals surface area contributed by atoms with Crippen molar-refractivity contribution in [3.8, 4) is 5.75 Å². The van der Waals surface area contributed by atoms with Crippen LogP contribution in [0.5, 0.6) is 5.75 Å². The second-order valence-corrected chi connectivity index (χ2v) is 6.56. The van der Waals surface area contributed by atoms with Crippen molar-refractivity contribution in [2.45, 2.75) is 26.0 Å². The number of hydrogen-bond donors (Lipinski definition) is 2. The van der Waals surface area contributed by atoms with Crippen molar-refractivity contribution in [2.24, 2.45) is 0 Å². The van der Waals surface area contributed by atoms with Crippen LogP contribution in [0.25, 0.3) is 5.70 Å². The average molecular weight is 384 g/mol. The lowest BCUT2D eigenvalue weighted by molar-refractivity contribution is -0.143. The number of carbonyl (C=O) groups excluding carboxylic acids is 2. The first-order chi connectivity index (χ1) is 13.4. The maximum Gasteiger partial charge on any atom is 0.338 e. The van der Waals surface area contributed by atoms with E-state index in [-0.39, 0.29) is 11.7 Å². The Balaban J connectivity index is 2.16. The molecule has 2 aromatic rings. The molecule has 0 radical (unpaired) electrons. The molecular weight excluding hydrogens is 363 g/mol. The number of benzene rings is 2. The molecule has 146 valence electrons. The second kappa shape index (κ2) is 8.12. The first-order valence-electron chi connectivity index (χ1n) is 8.81. The third-order valence-electron chi connectivity index (χ3n) is 4.20. The molecule has 0 saturated carbocycles. The van der Waals surface area contributed by atoms with E-state index in [1.165, 1.54) is 18.2 Å². The average Bonchev–Trinajstić information content (AvgIpc) is 2.66. The van der Waals surface area contributed by atoms with Gasteiger partial charge in [-0.3, -0.25) is 0 Å². The molecule has 6 nitrogen and oxygen atoms in total. The summed E-state index contributed by atoms with van der Waals surface area (Å²) < 4.78 is 24.3. The van der Waals surface area contributed by atoms with Gasteiger partial charge in [0.2, 0.25) is 0 Å². The maximum atomic E-state index is 13.8. The van der Waals surface area contributed by atoms with Crippen molar-refractivity contribution in [3.63, 3.8) is 0 Å². The summed E-state index contributed by atoms with van der Waals surface area (Å²) in [7, 11) is 1.55. The predicted octanol–water partition coefficient (Wildman–Crippen LogP) is 3.55. The Labute approximate surface area is 162 Å². The van der Waals surface area contributed by atoms with E-state index in [9.17, 15) is 14.0 Å². The predicted molar refractivity (Wildman–Crippen MR) is 102 cm³/mol. The molecule has 3 rings (SSSR count). The SMILES string of the molecule is COc1ccc(C2=C(C(=O)OC(C)C)C(c3cccc(F)c3)NC(=O)N2)cc1. The lowest BCUT2D eigenvalue weighted by Gasteiger charge is -2.30. The van der Waals surface area contributed by atoms with Gasteiger partial charge in [0.05, 0.1) is 30.5 Å². The zero-order chi connectivity index (χ0) is 20.3. The number of halogens is 1. The molecule has 2 aromatic carbocycles. The van der Waals surface area contributed by atoms with Crippen LogP contribution >= 0.6 is 0 Å². The minimum atomic E-state index is -0.854. The highest BCUT2D eigenvalue weighted by Gasteiger charge is 2.35. The molecule has 0 bridgehead atoms. The fourth-order valence-electron chi connectivity index (χ4n) is 2.98. The summed E-state index contributed by atoms with van der Waals surface area (Å²) >= 11 is 0. The van der Waals surface area contributed by atoms with E-state index in [1.807, 2.05) is 0 Å². The van der Waals surface area contributed by atoms with Gasteiger partial charge in [-0.05, 0) is 61.4 Å². The van der Waals surface area contributed by atoms with E-state index in [1.54, 1.807) is 51.3 Å². The molecule has 0 aromatic heterocycles. The monoisotopic (exact) mass is 384 g/mol. The molecule has 1 aliphatic heterocycles. The number of amides is 2. The van der Waals surface area contributed by atoms with E-state index >= 15 is 0 Å². The summed E-state index contributed by atoms with van der Waals surface area (Å²) in [5.74, 6) is -0.423. The van der Waals surface area contributed by atoms with Crippen molar-refractivity contribution in [1.29, 1.82) is 0 Å². The molecule has 1 unspecified atom stereocenters. The second-order valence-electron chi connectivity index (χ2n) is 6.56. The van der Waals surface area contributed by atoms with Crippen LogP contribution < -0.4 is 15.4 Å². The van der Waals surface area contributed by atoms with Crippen molar-refractivity contribution in [3.05, 3.63) is 71.0 Å². The Morgan fingerprint density at radius 2 is 1.86 bits per heavy atom. The molecule has 28 heavy (non-hydrogen) atoms. The Morgan fingerprint density at radius 1 is 1.14 bits per heavy atom. The van der Waals surface area contributed by atoms with Gasteiger partial charge in [-0.2, -0.15) is 0 Å². The van der Waals surface area contributed by atoms with E-state index in [4.69, 9.17) is 9.47 Å². The Bertz CT molecular complexity index is 922. The minimum Gasteiger partial charge on any atom is -0.497 e. The number of methoxy groups -OCH3 is 1. The minimum absolute atomic E-state index is 0.198. The van der Waals surface area contributed by atoms with Crippen molar-refractivity contribution < 1.29 is 23.5 Å². The van der Waals surface area contributed by atoms with Gasteiger partial charge in [-0.15, -0.1) is 0 Å². The normalized spacial score (nSPS) is 16.5. The Kier molecular flexibility index (Phi) is 5.63. The lowest BCUT2D eigenvalue weighted by atomic mass is 9.92. The summed E-state index contributed by atoms with van der Waals surface area (Å²) in [6, 6.07) is 11.3. The topological polar surface area (TPSA) is 76.7 Å². The van der Waals surface area contributed by atoms with Gasteiger partial charge in [0.1, 0.15) is 11.6 Å². The van der Waals surface area contributed by atoms with Gasteiger partial charge in [0.25, 0.3) is 0 Å². The van der Waals surface area contributed by atoms with Gasteiger partial charge in [0.15, 0.2) is 0 Å². The molecule has 0 aliphatic carbocycles. The fraction of sp³-hybridized carbons (Fsp3) is 0.238. The number of nitrogens with one attached hydrogen (secondary N) is 2. The standard InChI is InChI=1S/C21H21FN2O4/c1-12(2)28-20(25)17-18(13-7-9-16(27-3)10-8-13)23-21(26)24-19(17)14-5-4-6-15(22)11-14/h4-12,19H,1-3H3,(H2,23,24,26). The summed E-state index contributed by atoms with van der Waals surface area (Å²) in [5.41, 5.74) is 1.56. The summed E-state index contributed by atoms with van der Waals surface area (Å²) in [4.78, 5) is 25.2. The van der Waals surface area contributed by atoms with Crippen LogP contribution in [-0.2, 0) is 9.53 Å². The van der Waals surface area contributed by atoms with E-state index in [0.717, 1.165) is 0 Å². The molecule has 1 aliphatic rings. The van der Waals surface area contributed by atoms with Gasteiger partial charge in [0, 0.05) is 0 Å². The quantitative estimate of drug-likeness (QED) is 0.773. The van der Waals surface area contributed by atoms with Crippen LogP contribution in [0.15, 0.2) is 54.1 Å². The van der Waals surface area contributed by atoms with Gasteiger partial charge < -0.3 is 20.1 Å². The smallest absolute Gasteiger partial charge is 0.338 e. The van der Waals surface area contributed by atoms with Gasteiger partial charge in [-0.25, -0.2) is 14.0 Å². The van der Waals surface area contributed by atoms with Crippen molar-refractivity contribution in [1.82, 2.24) is 10.6 Å². The number of carbonyl (C=O) groups is 2. The third-order valence-corrected chi connectivity index (χ3v) is 4.20. The number of esters is 1. The highest BCUT2D eigenvalue weighted by Crippen LogP contribution is 2.33. The Morgan fingerprint density at radius 3 is 2.46 bits per heavy atom. The van der Waals surface area contributed by atoms with Crippen LogP contribution in [-0.4, -0.2) is 25.2 Å². The number of ether oxygens (including phenoxy) is 2. The van der Waals surface area contributed by atoms with Crippen LogP contribution in [0.3, 0.4) is 0 Å². The molecular formula is C21H21FN2O4. The first-order valence-corrected chi connectivity index (χ1v) is 8.81. The van der Waals surface area contributed by atoms with E-state index in [0.29, 0.717) is 22.6 Å². The zero-order valence-electron chi connectivity index (χ0n) is 15.8. The van der Waals surface area contributed by atoms with Crippen LogP contribution in [0, 0.1) is 5.82 Å². The molecule has 1 heterocycles. The molecule has 7 heteroatoms. The molecule has 0 spiro atoms. The summed E-state index contributed by atoms with van der Waals surface area (Å²) in [6.07, 6.45) is -0.358. The highest BCUT2D eigenvalue weighted by molar-refractivity contribution is 6.04. The van der Waals surface area contributed by atoms with E-state index < -0.39 is 23.9 Å². The first kappa shape index (κ1) is 19.4. The largest absolute Gasteiger partial charge is 0.497 e. The number of hydrogen-bond acceptors (Lipinski definition) is 4. The number of rotatable bonds is 5. The van der Waals surface area contributed by atoms with Crippen LogP contribution in [0.2, 0.25) is 0 Å². The molecule has 2 amide bonds. The number of urea groups is 1. The highest BCUT2D eigenvalue weighted by atomic mass is 19.1. The van der Waals surface area contributed by atoms with Crippen molar-refractivity contribution >= 4 is 17.7 Å². The van der Waals surface area contributed by atoms with Gasteiger partial charge >= 0.3 is 12.0 Å². The van der Waals surface area contributed by atoms with Gasteiger partial charge in [-0.1, -0.05) is 12.1 Å². The summed E-state index contributed by atoms with van der Waals surface area (Å²) in [6.45, 7) is 3.47. The fourth-order valence-corrected chi connectivity index (χ4v) is 2.98. The van der Waals surface area contributed by atoms with Crippen LogP contribution in [0.1, 0.15) is 31.0 Å². The Hall–Kier alpha value is -3.35. The molecule has 0 fully saturated rings. The van der Waals surface area contributed by atoms with E-state index in [2.05, 4.69) is 10.6 Å². The maximum absolute atomic E-state index is 13.8. The molecule has 1 atom stereocenters. The zero-order valence-corrected chi connectivity index (χ0v) is 15.8. The molecule has 2 N–H and O–H groups in total. The third kappa shape index (κ3) is 4.14. The lowest BCUT2D eigenvalue weighted by Crippen LogP contribution is -2.45. The van der Waals surface area contributed by atoms with Crippen LogP contribution in [0.4, 0.5) is 9.18 Å². The molecule has 0 saturated heterocycles.